The Morgan fingerprint density at radius 3 is 2.71 bits per heavy atom. The fraction of sp³-hybridized carbons (Fsp3) is 0. The van der Waals surface area contributed by atoms with Gasteiger partial charge in [-0.3, -0.25) is 4.79 Å². The number of halogens is 2. The molecular formula is C9H5BrFNaO2. The summed E-state index contributed by atoms with van der Waals surface area (Å²) in [6.45, 7) is 0. The molecule has 0 spiro atoms. The Hall–Kier alpha value is -0.160. The van der Waals surface area contributed by atoms with Crippen LogP contribution in [0, 0.1) is 5.82 Å². The van der Waals surface area contributed by atoms with E-state index in [1.54, 1.807) is 0 Å². The zero-order valence-corrected chi connectivity index (χ0v) is 11.0. The third kappa shape index (κ3) is 3.53. The van der Waals surface area contributed by atoms with Gasteiger partial charge in [-0.15, -0.1) is 6.26 Å². The van der Waals surface area contributed by atoms with E-state index in [0.717, 1.165) is 12.1 Å². The molecule has 0 radical (unpaired) electrons. The average molecular weight is 267 g/mol. The van der Waals surface area contributed by atoms with Crippen molar-refractivity contribution < 1.29 is 43.8 Å². The maximum atomic E-state index is 13.0. The van der Waals surface area contributed by atoms with Gasteiger partial charge in [-0.25, -0.2) is 4.39 Å². The molecule has 0 saturated heterocycles. The topological polar surface area (TPSA) is 40.1 Å². The summed E-state index contributed by atoms with van der Waals surface area (Å²) in [4.78, 5) is 11.1. The summed E-state index contributed by atoms with van der Waals surface area (Å²) in [5, 5.41) is 9.97. The first-order chi connectivity index (χ1) is 6.15. The average Bonchev–Trinajstić information content (AvgIpc) is 2.09. The molecule has 0 unspecified atom stereocenters. The molecule has 0 heterocycles. The van der Waals surface area contributed by atoms with Crippen LogP contribution in [0.15, 0.2) is 35.0 Å². The van der Waals surface area contributed by atoms with Gasteiger partial charge in [0.2, 0.25) is 0 Å². The third-order valence-corrected chi connectivity index (χ3v) is 1.91. The molecule has 1 aromatic carbocycles. The Labute approximate surface area is 111 Å². The molecule has 0 N–H and O–H groups in total. The van der Waals surface area contributed by atoms with E-state index in [2.05, 4.69) is 15.9 Å². The van der Waals surface area contributed by atoms with Crippen molar-refractivity contribution in [1.29, 1.82) is 0 Å². The van der Waals surface area contributed by atoms with Crippen molar-refractivity contribution in [2.75, 3.05) is 0 Å². The molecule has 0 bridgehead atoms. The molecule has 0 aliphatic carbocycles. The van der Waals surface area contributed by atoms with Crippen LogP contribution in [0.3, 0.4) is 0 Å². The zero-order chi connectivity index (χ0) is 9.84. The van der Waals surface area contributed by atoms with Gasteiger partial charge >= 0.3 is 29.6 Å². The van der Waals surface area contributed by atoms with E-state index in [1.807, 2.05) is 0 Å². The first-order valence-corrected chi connectivity index (χ1v) is 4.22. The van der Waals surface area contributed by atoms with Crippen LogP contribution in [-0.4, -0.2) is 5.78 Å². The SMILES string of the molecule is O=C(/C=C/[O-])c1cc(Br)ccc1F.[Na+]. The number of benzene rings is 1. The number of hydrogen-bond donors (Lipinski definition) is 0. The van der Waals surface area contributed by atoms with Crippen LogP contribution in [0.25, 0.3) is 0 Å². The van der Waals surface area contributed by atoms with Gasteiger partial charge in [0.1, 0.15) is 5.82 Å². The van der Waals surface area contributed by atoms with Crippen LogP contribution < -0.4 is 34.7 Å². The van der Waals surface area contributed by atoms with E-state index >= 15 is 0 Å². The fourth-order valence-corrected chi connectivity index (χ4v) is 1.20. The normalized spacial score (nSPS) is 9.86. The van der Waals surface area contributed by atoms with Gasteiger partial charge in [-0.05, 0) is 24.3 Å². The summed E-state index contributed by atoms with van der Waals surface area (Å²) >= 11 is 3.09. The molecule has 5 heteroatoms. The minimum absolute atomic E-state index is 0. The number of ketones is 1. The van der Waals surface area contributed by atoms with Gasteiger partial charge < -0.3 is 5.11 Å². The smallest absolute Gasteiger partial charge is 0.878 e. The maximum absolute atomic E-state index is 13.0. The Morgan fingerprint density at radius 2 is 2.14 bits per heavy atom. The van der Waals surface area contributed by atoms with Gasteiger partial charge in [0.15, 0.2) is 5.78 Å². The molecule has 0 aliphatic heterocycles. The second-order valence-electron chi connectivity index (χ2n) is 2.29. The van der Waals surface area contributed by atoms with Gasteiger partial charge in [-0.2, -0.15) is 0 Å². The molecule has 0 saturated carbocycles. The van der Waals surface area contributed by atoms with E-state index in [4.69, 9.17) is 0 Å². The molecule has 0 aromatic heterocycles. The van der Waals surface area contributed by atoms with Crippen LogP contribution in [0.4, 0.5) is 4.39 Å². The summed E-state index contributed by atoms with van der Waals surface area (Å²) in [7, 11) is 0. The van der Waals surface area contributed by atoms with E-state index in [9.17, 15) is 14.3 Å². The molecule has 0 fully saturated rings. The van der Waals surface area contributed by atoms with Crippen molar-refractivity contribution >= 4 is 21.7 Å². The van der Waals surface area contributed by atoms with Crippen LogP contribution >= 0.6 is 15.9 Å². The molecule has 14 heavy (non-hydrogen) atoms. The maximum Gasteiger partial charge on any atom is 1.00 e. The number of hydrogen-bond acceptors (Lipinski definition) is 2. The van der Waals surface area contributed by atoms with Crippen molar-refractivity contribution in [3.8, 4) is 0 Å². The summed E-state index contributed by atoms with van der Waals surface area (Å²) in [5.74, 6) is -1.26. The van der Waals surface area contributed by atoms with Crippen molar-refractivity contribution in [3.63, 3.8) is 0 Å². The standard InChI is InChI=1S/C9H6BrFO2.Na/c10-6-1-2-8(11)7(5-6)9(13)3-4-12;/h1-5,12H;/q;+1/p-1/b4-3+;. The summed E-state index contributed by atoms with van der Waals surface area (Å²) in [5.41, 5.74) is -0.110. The number of carbonyl (C=O) groups is 1. The van der Waals surface area contributed by atoms with E-state index in [0.29, 0.717) is 10.7 Å². The van der Waals surface area contributed by atoms with Crippen molar-refractivity contribution in [2.45, 2.75) is 0 Å². The Kier molecular flexibility index (Phi) is 6.27. The third-order valence-electron chi connectivity index (χ3n) is 1.41. The second kappa shape index (κ2) is 6.35. The Balaban J connectivity index is 0.00000169. The first-order valence-electron chi connectivity index (χ1n) is 3.43. The number of carbonyl (C=O) groups excluding carboxylic acids is 1. The minimum Gasteiger partial charge on any atom is -0.878 e. The summed E-state index contributed by atoms with van der Waals surface area (Å²) in [6, 6.07) is 3.97. The summed E-state index contributed by atoms with van der Waals surface area (Å²) < 4.78 is 13.6. The fourth-order valence-electron chi connectivity index (χ4n) is 0.838. The van der Waals surface area contributed by atoms with E-state index in [-0.39, 0.29) is 35.1 Å². The molecule has 0 atom stereocenters. The molecule has 0 amide bonds. The quantitative estimate of drug-likeness (QED) is 0.288. The second-order valence-corrected chi connectivity index (χ2v) is 3.21. The first kappa shape index (κ1) is 13.8. The van der Waals surface area contributed by atoms with E-state index in [1.165, 1.54) is 12.1 Å². The predicted octanol–water partition coefficient (Wildman–Crippen LogP) is -1.35. The minimum atomic E-state index is -0.633. The van der Waals surface area contributed by atoms with Crippen LogP contribution in [-0.2, 0) is 0 Å². The molecule has 0 aliphatic rings. The van der Waals surface area contributed by atoms with Crippen LogP contribution in [0.5, 0.6) is 0 Å². The number of allylic oxidation sites excluding steroid dienone is 1. The summed E-state index contributed by atoms with van der Waals surface area (Å²) in [6.07, 6.45) is 1.12. The van der Waals surface area contributed by atoms with Crippen molar-refractivity contribution in [3.05, 3.63) is 46.4 Å². The molecular weight excluding hydrogens is 262 g/mol. The van der Waals surface area contributed by atoms with Gasteiger partial charge in [-0.1, -0.05) is 15.9 Å². The number of rotatable bonds is 2. The van der Waals surface area contributed by atoms with Gasteiger partial charge in [0.25, 0.3) is 0 Å². The van der Waals surface area contributed by atoms with Crippen LogP contribution in [0.1, 0.15) is 10.4 Å². The van der Waals surface area contributed by atoms with Crippen molar-refractivity contribution in [1.82, 2.24) is 0 Å². The molecule has 1 rings (SSSR count). The van der Waals surface area contributed by atoms with Crippen LogP contribution in [0.2, 0.25) is 0 Å². The Bertz CT molecular complexity index is 366. The monoisotopic (exact) mass is 266 g/mol. The van der Waals surface area contributed by atoms with Gasteiger partial charge in [0, 0.05) is 4.47 Å². The molecule has 68 valence electrons. The van der Waals surface area contributed by atoms with Crippen molar-refractivity contribution in [2.24, 2.45) is 0 Å². The predicted molar refractivity (Wildman–Crippen MR) is 47.6 cm³/mol. The Morgan fingerprint density at radius 1 is 1.50 bits per heavy atom. The van der Waals surface area contributed by atoms with Gasteiger partial charge in [0.05, 0.1) is 5.56 Å². The molecule has 2 nitrogen and oxygen atoms in total. The molecule has 1 aromatic rings. The van der Waals surface area contributed by atoms with E-state index < -0.39 is 11.6 Å². The largest absolute Gasteiger partial charge is 1.00 e. The zero-order valence-electron chi connectivity index (χ0n) is 7.46.